The average Bonchev–Trinajstić information content (AvgIpc) is 2.09. The lowest BCUT2D eigenvalue weighted by Gasteiger charge is -2.36. The number of nitrogens with one attached hydrogen (secondary N) is 1. The Morgan fingerprint density at radius 1 is 1.50 bits per heavy atom. The molecule has 1 N–H and O–H groups in total. The van der Waals surface area contributed by atoms with Crippen molar-refractivity contribution in [3.05, 3.63) is 22.3 Å². The Balaban J connectivity index is 2.00. The van der Waals surface area contributed by atoms with Gasteiger partial charge in [0.25, 0.3) is 0 Å². The van der Waals surface area contributed by atoms with Crippen LogP contribution >= 0.6 is 15.9 Å². The highest BCUT2D eigenvalue weighted by Crippen LogP contribution is 2.18. The van der Waals surface area contributed by atoms with Crippen LogP contribution < -0.4 is 5.32 Å². The molecule has 2 rings (SSSR count). The van der Waals surface area contributed by atoms with E-state index in [1.54, 1.807) is 0 Å². The molecule has 1 aromatic heterocycles. The van der Waals surface area contributed by atoms with Gasteiger partial charge in [0.1, 0.15) is 5.82 Å². The predicted octanol–water partition coefficient (Wildman–Crippen LogP) is 1.88. The maximum absolute atomic E-state index is 4.44. The van der Waals surface area contributed by atoms with Crippen molar-refractivity contribution in [2.45, 2.75) is 13.0 Å². The summed E-state index contributed by atoms with van der Waals surface area (Å²) in [5.74, 6) is 0.976. The second kappa shape index (κ2) is 3.87. The zero-order valence-electron chi connectivity index (χ0n) is 8.42. The Labute approximate surface area is 92.6 Å². The third-order valence-electron chi connectivity index (χ3n) is 2.44. The predicted molar refractivity (Wildman–Crippen MR) is 61.6 cm³/mol. The highest BCUT2D eigenvalue weighted by molar-refractivity contribution is 9.10. The number of halogens is 1. The number of anilines is 1. The van der Waals surface area contributed by atoms with Crippen molar-refractivity contribution in [3.8, 4) is 0 Å². The highest BCUT2D eigenvalue weighted by Gasteiger charge is 2.22. The fourth-order valence-electron chi connectivity index (χ4n) is 1.62. The molecule has 1 fully saturated rings. The van der Waals surface area contributed by atoms with Gasteiger partial charge in [-0.1, -0.05) is 0 Å². The summed E-state index contributed by atoms with van der Waals surface area (Å²) in [7, 11) is 2.12. The molecule has 14 heavy (non-hydrogen) atoms. The van der Waals surface area contributed by atoms with Crippen LogP contribution in [0.5, 0.6) is 0 Å². The molecule has 1 aromatic rings. The second-order valence-electron chi connectivity index (χ2n) is 3.83. The van der Waals surface area contributed by atoms with Crippen molar-refractivity contribution in [2.75, 3.05) is 25.5 Å². The van der Waals surface area contributed by atoms with Crippen LogP contribution in [-0.2, 0) is 0 Å². The number of likely N-dealkylation sites (tertiary alicyclic amines) is 1. The molecule has 3 nitrogen and oxygen atoms in total. The summed E-state index contributed by atoms with van der Waals surface area (Å²) in [5, 5.41) is 3.40. The highest BCUT2D eigenvalue weighted by atomic mass is 79.9. The summed E-state index contributed by atoms with van der Waals surface area (Å²) >= 11 is 3.44. The van der Waals surface area contributed by atoms with Gasteiger partial charge in [0, 0.05) is 17.6 Å². The first kappa shape index (κ1) is 9.93. The first-order valence-electron chi connectivity index (χ1n) is 4.73. The zero-order chi connectivity index (χ0) is 10.1. The van der Waals surface area contributed by atoms with Crippen molar-refractivity contribution >= 4 is 21.7 Å². The Kier molecular flexibility index (Phi) is 2.74. The topological polar surface area (TPSA) is 28.2 Å². The molecule has 0 atom stereocenters. The quantitative estimate of drug-likeness (QED) is 0.875. The van der Waals surface area contributed by atoms with E-state index in [9.17, 15) is 0 Å². The Morgan fingerprint density at radius 3 is 2.79 bits per heavy atom. The number of hydrogen-bond donors (Lipinski definition) is 1. The van der Waals surface area contributed by atoms with Gasteiger partial charge in [0.05, 0.1) is 11.7 Å². The summed E-state index contributed by atoms with van der Waals surface area (Å²) in [5.41, 5.74) is 1.03. The molecule has 76 valence electrons. The van der Waals surface area contributed by atoms with E-state index >= 15 is 0 Å². The molecule has 2 heterocycles. The van der Waals surface area contributed by atoms with Crippen LogP contribution in [0, 0.1) is 6.92 Å². The van der Waals surface area contributed by atoms with Crippen LogP contribution in [0.25, 0.3) is 0 Å². The first-order valence-corrected chi connectivity index (χ1v) is 5.52. The molecule has 1 aliphatic heterocycles. The molecule has 0 saturated carbocycles. The Bertz CT molecular complexity index is 334. The number of pyridine rings is 1. The second-order valence-corrected chi connectivity index (χ2v) is 4.68. The monoisotopic (exact) mass is 255 g/mol. The van der Waals surface area contributed by atoms with Crippen molar-refractivity contribution in [3.63, 3.8) is 0 Å². The minimum Gasteiger partial charge on any atom is -0.365 e. The molecule has 0 aliphatic carbocycles. The largest absolute Gasteiger partial charge is 0.365 e. The number of nitrogens with zero attached hydrogens (tertiary/aromatic N) is 2. The smallest absolute Gasteiger partial charge is 0.126 e. The van der Waals surface area contributed by atoms with Crippen LogP contribution in [0.15, 0.2) is 16.6 Å². The van der Waals surface area contributed by atoms with Gasteiger partial charge < -0.3 is 10.2 Å². The summed E-state index contributed by atoms with van der Waals surface area (Å²) in [6.07, 6.45) is 0. The van der Waals surface area contributed by atoms with Gasteiger partial charge >= 0.3 is 0 Å². The van der Waals surface area contributed by atoms with Gasteiger partial charge in [-0.15, -0.1) is 0 Å². The number of likely N-dealkylation sites (N-methyl/N-ethyl adjacent to an activating group) is 1. The molecule has 0 aromatic carbocycles. The van der Waals surface area contributed by atoms with Crippen molar-refractivity contribution in [1.29, 1.82) is 0 Å². The first-order chi connectivity index (χ1) is 6.65. The molecule has 0 amide bonds. The van der Waals surface area contributed by atoms with Crippen LogP contribution in [0.4, 0.5) is 5.82 Å². The van der Waals surface area contributed by atoms with Crippen LogP contribution in [0.1, 0.15) is 5.69 Å². The minimum absolute atomic E-state index is 0.563. The fraction of sp³-hybridized carbons (Fsp3) is 0.500. The molecule has 0 unspecified atom stereocenters. The molecule has 0 spiro atoms. The third-order valence-corrected chi connectivity index (χ3v) is 3.28. The van der Waals surface area contributed by atoms with Crippen molar-refractivity contribution in [2.24, 2.45) is 0 Å². The lowest BCUT2D eigenvalue weighted by Crippen LogP contribution is -2.52. The molecule has 4 heteroatoms. The molecular weight excluding hydrogens is 242 g/mol. The van der Waals surface area contributed by atoms with E-state index in [-0.39, 0.29) is 0 Å². The maximum atomic E-state index is 4.44. The zero-order valence-corrected chi connectivity index (χ0v) is 10.0. The van der Waals surface area contributed by atoms with Gasteiger partial charge in [0.15, 0.2) is 0 Å². The van der Waals surface area contributed by atoms with Gasteiger partial charge in [-0.2, -0.15) is 0 Å². The number of rotatable bonds is 2. The van der Waals surface area contributed by atoms with Gasteiger partial charge in [0.2, 0.25) is 0 Å². The lowest BCUT2D eigenvalue weighted by molar-refractivity contribution is 0.205. The SMILES string of the molecule is Cc1nc(NC2CN(C)C2)ccc1Br. The Morgan fingerprint density at radius 2 is 2.21 bits per heavy atom. The Hall–Kier alpha value is -0.610. The molecule has 0 radical (unpaired) electrons. The van der Waals surface area contributed by atoms with Crippen molar-refractivity contribution in [1.82, 2.24) is 9.88 Å². The van der Waals surface area contributed by atoms with E-state index in [0.717, 1.165) is 29.1 Å². The van der Waals surface area contributed by atoms with E-state index in [1.807, 2.05) is 19.1 Å². The minimum atomic E-state index is 0.563. The third kappa shape index (κ3) is 2.07. The van der Waals surface area contributed by atoms with Crippen molar-refractivity contribution < 1.29 is 0 Å². The summed E-state index contributed by atoms with van der Waals surface area (Å²) in [6, 6.07) is 4.61. The fourth-order valence-corrected chi connectivity index (χ4v) is 1.84. The number of hydrogen-bond acceptors (Lipinski definition) is 3. The van der Waals surface area contributed by atoms with Crippen LogP contribution in [0.2, 0.25) is 0 Å². The standard InChI is InChI=1S/C10H14BrN3/c1-7-9(11)3-4-10(12-7)13-8-5-14(2)6-8/h3-4,8H,5-6H2,1-2H3,(H,12,13). The summed E-state index contributed by atoms with van der Waals surface area (Å²) in [4.78, 5) is 6.72. The van der Waals surface area contributed by atoms with Crippen LogP contribution in [-0.4, -0.2) is 36.1 Å². The van der Waals surface area contributed by atoms with E-state index in [0.29, 0.717) is 6.04 Å². The summed E-state index contributed by atoms with van der Waals surface area (Å²) in [6.45, 7) is 4.22. The van der Waals surface area contributed by atoms with E-state index in [1.165, 1.54) is 0 Å². The molecule has 0 bridgehead atoms. The van der Waals surface area contributed by atoms with E-state index < -0.39 is 0 Å². The summed E-state index contributed by atoms with van der Waals surface area (Å²) < 4.78 is 1.06. The normalized spacial score (nSPS) is 17.9. The lowest BCUT2D eigenvalue weighted by atomic mass is 10.1. The molecular formula is C10H14BrN3. The molecule has 1 aliphatic rings. The number of aryl methyl sites for hydroxylation is 1. The van der Waals surface area contributed by atoms with Gasteiger partial charge in [-0.05, 0) is 42.0 Å². The molecule has 1 saturated heterocycles. The van der Waals surface area contributed by atoms with E-state index in [4.69, 9.17) is 0 Å². The van der Waals surface area contributed by atoms with E-state index in [2.05, 4.69) is 38.2 Å². The van der Waals surface area contributed by atoms with Crippen LogP contribution in [0.3, 0.4) is 0 Å². The van der Waals surface area contributed by atoms with Gasteiger partial charge in [-0.25, -0.2) is 4.98 Å². The average molecular weight is 256 g/mol. The number of aromatic nitrogens is 1. The maximum Gasteiger partial charge on any atom is 0.126 e. The van der Waals surface area contributed by atoms with Gasteiger partial charge in [-0.3, -0.25) is 0 Å².